The van der Waals surface area contributed by atoms with E-state index in [9.17, 15) is 4.79 Å². The highest BCUT2D eigenvalue weighted by atomic mass is 35.5. The van der Waals surface area contributed by atoms with Crippen LogP contribution >= 0.6 is 12.4 Å². The number of amides is 1. The molecule has 2 aromatic rings. The summed E-state index contributed by atoms with van der Waals surface area (Å²) in [6.07, 6.45) is 0. The fourth-order valence-corrected chi connectivity index (χ4v) is 2.70. The van der Waals surface area contributed by atoms with Crippen molar-refractivity contribution in [2.45, 2.75) is 13.1 Å². The predicted octanol–water partition coefficient (Wildman–Crippen LogP) is 2.95. The van der Waals surface area contributed by atoms with Gasteiger partial charge in [-0.1, -0.05) is 60.7 Å². The highest BCUT2D eigenvalue weighted by Gasteiger charge is 2.23. The molecule has 0 unspecified atom stereocenters. The van der Waals surface area contributed by atoms with Crippen molar-refractivity contribution in [3.05, 3.63) is 71.8 Å². The molecule has 4 heteroatoms. The van der Waals surface area contributed by atoms with Crippen molar-refractivity contribution >= 4 is 18.3 Å². The van der Waals surface area contributed by atoms with Crippen LogP contribution in [0.1, 0.15) is 11.1 Å². The molecular formula is C18H21ClN2O. The topological polar surface area (TPSA) is 23.6 Å². The summed E-state index contributed by atoms with van der Waals surface area (Å²) in [4.78, 5) is 16.5. The Morgan fingerprint density at radius 3 is 1.86 bits per heavy atom. The van der Waals surface area contributed by atoms with Gasteiger partial charge in [0.1, 0.15) is 0 Å². The van der Waals surface area contributed by atoms with Gasteiger partial charge in [0, 0.05) is 26.2 Å². The van der Waals surface area contributed by atoms with Crippen molar-refractivity contribution in [1.82, 2.24) is 9.80 Å². The molecule has 116 valence electrons. The maximum Gasteiger partial charge on any atom is 0.237 e. The normalized spacial score (nSPS) is 15.5. The second-order valence-corrected chi connectivity index (χ2v) is 5.50. The zero-order chi connectivity index (χ0) is 14.5. The van der Waals surface area contributed by atoms with Crippen molar-refractivity contribution in [3.63, 3.8) is 0 Å². The van der Waals surface area contributed by atoms with Gasteiger partial charge in [-0.15, -0.1) is 12.4 Å². The van der Waals surface area contributed by atoms with E-state index in [-0.39, 0.29) is 18.3 Å². The van der Waals surface area contributed by atoms with Crippen LogP contribution in [0.4, 0.5) is 0 Å². The third kappa shape index (κ3) is 4.33. The van der Waals surface area contributed by atoms with Gasteiger partial charge in [-0.3, -0.25) is 9.69 Å². The molecule has 0 bridgehead atoms. The molecule has 2 aromatic carbocycles. The van der Waals surface area contributed by atoms with Gasteiger partial charge in [0.25, 0.3) is 0 Å². The van der Waals surface area contributed by atoms with Crippen LogP contribution in [0.15, 0.2) is 60.7 Å². The Labute approximate surface area is 138 Å². The Morgan fingerprint density at radius 1 is 0.773 bits per heavy atom. The summed E-state index contributed by atoms with van der Waals surface area (Å²) in [5.41, 5.74) is 2.46. The molecule has 0 aromatic heterocycles. The van der Waals surface area contributed by atoms with Gasteiger partial charge >= 0.3 is 0 Å². The van der Waals surface area contributed by atoms with Crippen molar-refractivity contribution in [3.8, 4) is 0 Å². The lowest BCUT2D eigenvalue weighted by Gasteiger charge is -2.34. The van der Waals surface area contributed by atoms with Gasteiger partial charge < -0.3 is 4.90 Å². The average molecular weight is 317 g/mol. The number of carbonyl (C=O) groups excluding carboxylic acids is 1. The fraction of sp³-hybridized carbons (Fsp3) is 0.278. The summed E-state index contributed by atoms with van der Waals surface area (Å²) in [5.74, 6) is 0.223. The number of rotatable bonds is 4. The summed E-state index contributed by atoms with van der Waals surface area (Å²) in [6.45, 7) is 3.83. The van der Waals surface area contributed by atoms with E-state index < -0.39 is 0 Å². The van der Waals surface area contributed by atoms with E-state index in [0.29, 0.717) is 6.54 Å². The standard InChI is InChI=1S/C18H20N2O.ClH/c21-18-15-19(13-16-7-3-1-4-8-16)11-12-20(18)14-17-9-5-2-6-10-17;/h1-10H,11-15H2;1H. The number of piperazine rings is 1. The molecule has 1 saturated heterocycles. The van der Waals surface area contributed by atoms with Gasteiger partial charge in [-0.25, -0.2) is 0 Å². The average Bonchev–Trinajstić information content (AvgIpc) is 2.52. The van der Waals surface area contributed by atoms with Crippen molar-refractivity contribution in [2.75, 3.05) is 19.6 Å². The summed E-state index contributed by atoms with van der Waals surface area (Å²) >= 11 is 0. The van der Waals surface area contributed by atoms with Gasteiger partial charge in [0.15, 0.2) is 0 Å². The van der Waals surface area contributed by atoms with Gasteiger partial charge in [0.05, 0.1) is 6.54 Å². The monoisotopic (exact) mass is 316 g/mol. The largest absolute Gasteiger partial charge is 0.336 e. The van der Waals surface area contributed by atoms with E-state index in [2.05, 4.69) is 29.2 Å². The molecule has 3 rings (SSSR count). The molecule has 1 amide bonds. The number of benzene rings is 2. The summed E-state index contributed by atoms with van der Waals surface area (Å²) in [5, 5.41) is 0. The zero-order valence-electron chi connectivity index (χ0n) is 12.5. The smallest absolute Gasteiger partial charge is 0.237 e. The minimum Gasteiger partial charge on any atom is -0.336 e. The minimum absolute atomic E-state index is 0. The summed E-state index contributed by atoms with van der Waals surface area (Å²) < 4.78 is 0. The third-order valence-electron chi connectivity index (χ3n) is 3.86. The highest BCUT2D eigenvalue weighted by Crippen LogP contribution is 2.12. The van der Waals surface area contributed by atoms with Crippen molar-refractivity contribution in [2.24, 2.45) is 0 Å². The van der Waals surface area contributed by atoms with Crippen LogP contribution in [0, 0.1) is 0 Å². The Hall–Kier alpha value is -1.84. The Morgan fingerprint density at radius 2 is 1.32 bits per heavy atom. The molecular weight excluding hydrogens is 296 g/mol. The summed E-state index contributed by atoms with van der Waals surface area (Å²) in [7, 11) is 0. The molecule has 1 aliphatic rings. The molecule has 22 heavy (non-hydrogen) atoms. The van der Waals surface area contributed by atoms with Gasteiger partial charge in [-0.2, -0.15) is 0 Å². The number of nitrogens with zero attached hydrogens (tertiary/aromatic N) is 2. The van der Waals surface area contributed by atoms with E-state index in [1.54, 1.807) is 0 Å². The SMILES string of the molecule is Cl.O=C1CN(Cc2ccccc2)CCN1Cc1ccccc1. The lowest BCUT2D eigenvalue weighted by Crippen LogP contribution is -2.49. The summed E-state index contributed by atoms with van der Waals surface area (Å²) in [6, 6.07) is 20.5. The van der Waals surface area contributed by atoms with Crippen LogP contribution in [0.2, 0.25) is 0 Å². The molecule has 1 fully saturated rings. The minimum atomic E-state index is 0. The molecule has 3 nitrogen and oxygen atoms in total. The first kappa shape index (κ1) is 16.5. The maximum absolute atomic E-state index is 12.3. The molecule has 1 aliphatic heterocycles. The van der Waals surface area contributed by atoms with Crippen LogP contribution in [0.25, 0.3) is 0 Å². The lowest BCUT2D eigenvalue weighted by molar-refractivity contribution is -0.136. The molecule has 0 spiro atoms. The van der Waals surface area contributed by atoms with Gasteiger partial charge in [-0.05, 0) is 11.1 Å². The Kier molecular flexibility index (Phi) is 5.99. The fourth-order valence-electron chi connectivity index (χ4n) is 2.70. The number of carbonyl (C=O) groups is 1. The van der Waals surface area contributed by atoms with Crippen LogP contribution in [0.5, 0.6) is 0 Å². The van der Waals surface area contributed by atoms with Crippen LogP contribution in [-0.4, -0.2) is 35.3 Å². The first-order valence-electron chi connectivity index (χ1n) is 7.39. The molecule has 0 radical (unpaired) electrons. The van der Waals surface area contributed by atoms with Crippen LogP contribution < -0.4 is 0 Å². The van der Waals surface area contributed by atoms with Gasteiger partial charge in [0.2, 0.25) is 5.91 Å². The maximum atomic E-state index is 12.3. The lowest BCUT2D eigenvalue weighted by atomic mass is 10.1. The van der Waals surface area contributed by atoms with E-state index in [1.807, 2.05) is 41.3 Å². The number of hydrogen-bond donors (Lipinski definition) is 0. The van der Waals surface area contributed by atoms with Crippen LogP contribution in [-0.2, 0) is 17.9 Å². The van der Waals surface area contributed by atoms with E-state index in [4.69, 9.17) is 0 Å². The van der Waals surface area contributed by atoms with Crippen molar-refractivity contribution in [1.29, 1.82) is 0 Å². The Bertz CT molecular complexity index is 589. The third-order valence-corrected chi connectivity index (χ3v) is 3.86. The molecule has 0 saturated carbocycles. The molecule has 1 heterocycles. The second kappa shape index (κ2) is 7.97. The number of halogens is 1. The highest BCUT2D eigenvalue weighted by molar-refractivity contribution is 5.85. The first-order valence-corrected chi connectivity index (χ1v) is 7.39. The van der Waals surface area contributed by atoms with E-state index >= 15 is 0 Å². The van der Waals surface area contributed by atoms with E-state index in [0.717, 1.165) is 26.2 Å². The van der Waals surface area contributed by atoms with E-state index in [1.165, 1.54) is 11.1 Å². The predicted molar refractivity (Wildman–Crippen MR) is 90.8 cm³/mol. The quantitative estimate of drug-likeness (QED) is 0.866. The second-order valence-electron chi connectivity index (χ2n) is 5.50. The molecule has 0 aliphatic carbocycles. The first-order chi connectivity index (χ1) is 10.3. The zero-order valence-corrected chi connectivity index (χ0v) is 13.3. The number of hydrogen-bond acceptors (Lipinski definition) is 2. The molecule has 0 atom stereocenters. The Balaban J connectivity index is 0.00000176. The van der Waals surface area contributed by atoms with Crippen molar-refractivity contribution < 1.29 is 4.79 Å². The van der Waals surface area contributed by atoms with Crippen LogP contribution in [0.3, 0.4) is 0 Å². The molecule has 0 N–H and O–H groups in total.